The van der Waals surface area contributed by atoms with Crippen LogP contribution in [-0.4, -0.2) is 23.5 Å². The molecule has 0 saturated carbocycles. The maximum absolute atomic E-state index is 13.9. The Balaban J connectivity index is 2.12. The summed E-state index contributed by atoms with van der Waals surface area (Å²) in [6.07, 6.45) is 3.10. The van der Waals surface area contributed by atoms with Gasteiger partial charge in [0.1, 0.15) is 0 Å². The largest absolute Gasteiger partial charge is 0.322 e. The molecule has 2 amide bonds. The molecular weight excluding hydrogens is 335 g/mol. The van der Waals surface area contributed by atoms with Crippen molar-refractivity contribution in [2.24, 2.45) is 0 Å². The van der Waals surface area contributed by atoms with Gasteiger partial charge in [0.15, 0.2) is 5.82 Å². The summed E-state index contributed by atoms with van der Waals surface area (Å²) in [5.41, 5.74) is 0.107. The van der Waals surface area contributed by atoms with Crippen LogP contribution < -0.4 is 5.32 Å². The summed E-state index contributed by atoms with van der Waals surface area (Å²) in [4.78, 5) is 13.9. The minimum Gasteiger partial charge on any atom is -0.322 e. The summed E-state index contributed by atoms with van der Waals surface area (Å²) in [6.45, 7) is 2.71. The Morgan fingerprint density at radius 1 is 1.53 bits per heavy atom. The number of urea groups is 1. The van der Waals surface area contributed by atoms with E-state index in [1.807, 2.05) is 6.92 Å². The summed E-state index contributed by atoms with van der Waals surface area (Å²) < 4.78 is 14.4. The number of hydrogen-bond donors (Lipinski definition) is 1. The Bertz CT molecular complexity index is 498. The van der Waals surface area contributed by atoms with Crippen molar-refractivity contribution < 1.29 is 9.18 Å². The molecule has 1 aromatic carbocycles. The van der Waals surface area contributed by atoms with Crippen LogP contribution in [0, 0.1) is 5.82 Å². The smallest absolute Gasteiger partial charge is 0.322 e. The zero-order valence-corrected chi connectivity index (χ0v) is 12.9. The van der Waals surface area contributed by atoms with Crippen LogP contribution >= 0.6 is 27.5 Å². The van der Waals surface area contributed by atoms with Gasteiger partial charge in [0.2, 0.25) is 0 Å². The van der Waals surface area contributed by atoms with Gasteiger partial charge in [-0.05, 0) is 54.2 Å². The van der Waals surface area contributed by atoms with E-state index in [9.17, 15) is 9.18 Å². The van der Waals surface area contributed by atoms with Gasteiger partial charge in [-0.25, -0.2) is 9.18 Å². The molecule has 1 aromatic rings. The van der Waals surface area contributed by atoms with Crippen molar-refractivity contribution in [3.63, 3.8) is 0 Å². The summed E-state index contributed by atoms with van der Waals surface area (Å²) in [6, 6.07) is 3.02. The molecule has 6 heteroatoms. The first-order valence-electron chi connectivity index (χ1n) is 6.22. The molecular formula is C13H15BrClFN2O. The van der Waals surface area contributed by atoms with Crippen LogP contribution in [0.2, 0.25) is 5.02 Å². The number of carbonyl (C=O) groups excluding carboxylic acids is 1. The van der Waals surface area contributed by atoms with Crippen molar-refractivity contribution in [2.75, 3.05) is 11.9 Å². The maximum Gasteiger partial charge on any atom is 0.322 e. The van der Waals surface area contributed by atoms with Gasteiger partial charge in [-0.2, -0.15) is 0 Å². The minimum absolute atomic E-state index is 0.0236. The van der Waals surface area contributed by atoms with E-state index < -0.39 is 5.82 Å². The Labute approximate surface area is 125 Å². The lowest BCUT2D eigenvalue weighted by Crippen LogP contribution is -2.44. The van der Waals surface area contributed by atoms with Gasteiger partial charge >= 0.3 is 6.03 Å². The second kappa shape index (κ2) is 6.09. The molecule has 1 aliphatic rings. The third kappa shape index (κ3) is 3.20. The molecule has 1 N–H and O–H groups in total. The average molecular weight is 350 g/mol. The van der Waals surface area contributed by atoms with E-state index in [0.29, 0.717) is 11.0 Å². The van der Waals surface area contributed by atoms with Crippen molar-refractivity contribution >= 4 is 39.2 Å². The topological polar surface area (TPSA) is 32.3 Å². The molecule has 0 aromatic heterocycles. The summed E-state index contributed by atoms with van der Waals surface area (Å²) >= 11 is 8.93. The SMILES string of the molecule is CC1CCCCN1C(=O)Nc1ccc(Br)c(Cl)c1F. The summed E-state index contributed by atoms with van der Waals surface area (Å²) in [7, 11) is 0. The zero-order chi connectivity index (χ0) is 14.0. The van der Waals surface area contributed by atoms with Crippen LogP contribution in [0.25, 0.3) is 0 Å². The van der Waals surface area contributed by atoms with Crippen LogP contribution in [0.15, 0.2) is 16.6 Å². The number of likely N-dealkylation sites (tertiary alicyclic amines) is 1. The van der Waals surface area contributed by atoms with E-state index in [1.165, 1.54) is 6.07 Å². The number of anilines is 1. The van der Waals surface area contributed by atoms with Gasteiger partial charge in [-0.1, -0.05) is 11.6 Å². The van der Waals surface area contributed by atoms with Crippen molar-refractivity contribution in [3.05, 3.63) is 27.4 Å². The van der Waals surface area contributed by atoms with E-state index in [2.05, 4.69) is 21.2 Å². The first-order chi connectivity index (χ1) is 9.00. The molecule has 1 atom stereocenters. The molecule has 0 spiro atoms. The third-order valence-electron chi connectivity index (χ3n) is 3.34. The summed E-state index contributed by atoms with van der Waals surface area (Å²) in [5, 5.41) is 2.56. The number of nitrogens with one attached hydrogen (secondary N) is 1. The normalized spacial score (nSPS) is 19.4. The summed E-state index contributed by atoms with van der Waals surface area (Å²) in [5.74, 6) is -0.617. The highest BCUT2D eigenvalue weighted by Crippen LogP contribution is 2.30. The number of benzene rings is 1. The van der Waals surface area contributed by atoms with E-state index >= 15 is 0 Å². The van der Waals surface area contributed by atoms with Crippen molar-refractivity contribution in [3.8, 4) is 0 Å². The molecule has 0 bridgehead atoms. The minimum atomic E-state index is -0.617. The fraction of sp³-hybridized carbons (Fsp3) is 0.462. The molecule has 0 aliphatic carbocycles. The number of amides is 2. The molecule has 1 heterocycles. The molecule has 1 aliphatic heterocycles. The van der Waals surface area contributed by atoms with Gasteiger partial charge in [-0.3, -0.25) is 0 Å². The molecule has 19 heavy (non-hydrogen) atoms. The fourth-order valence-electron chi connectivity index (χ4n) is 2.21. The molecule has 0 radical (unpaired) electrons. The van der Waals surface area contributed by atoms with Crippen molar-refractivity contribution in [1.82, 2.24) is 4.90 Å². The Morgan fingerprint density at radius 2 is 2.26 bits per heavy atom. The second-order valence-electron chi connectivity index (χ2n) is 4.69. The third-order valence-corrected chi connectivity index (χ3v) is 4.60. The van der Waals surface area contributed by atoms with Crippen LogP contribution in [0.1, 0.15) is 26.2 Å². The highest BCUT2D eigenvalue weighted by Gasteiger charge is 2.24. The highest BCUT2D eigenvalue weighted by atomic mass is 79.9. The van der Waals surface area contributed by atoms with E-state index in [-0.39, 0.29) is 22.8 Å². The van der Waals surface area contributed by atoms with Crippen molar-refractivity contribution in [1.29, 1.82) is 0 Å². The molecule has 1 saturated heterocycles. The molecule has 1 fully saturated rings. The number of halogens is 3. The van der Waals surface area contributed by atoms with Crippen LogP contribution in [-0.2, 0) is 0 Å². The lowest BCUT2D eigenvalue weighted by Gasteiger charge is -2.33. The molecule has 2 rings (SSSR count). The second-order valence-corrected chi connectivity index (χ2v) is 5.92. The van der Waals surface area contributed by atoms with Gasteiger partial charge in [-0.15, -0.1) is 0 Å². The predicted octanol–water partition coefficient (Wildman–Crippen LogP) is 4.65. The molecule has 3 nitrogen and oxygen atoms in total. The molecule has 104 valence electrons. The van der Waals surface area contributed by atoms with Crippen LogP contribution in [0.5, 0.6) is 0 Å². The highest BCUT2D eigenvalue weighted by molar-refractivity contribution is 9.10. The lowest BCUT2D eigenvalue weighted by molar-refractivity contribution is 0.170. The predicted molar refractivity (Wildman–Crippen MR) is 78.1 cm³/mol. The number of nitrogens with zero attached hydrogens (tertiary/aromatic N) is 1. The Hall–Kier alpha value is -0.810. The van der Waals surface area contributed by atoms with Gasteiger partial charge in [0.25, 0.3) is 0 Å². The lowest BCUT2D eigenvalue weighted by atomic mass is 10.0. The standard InChI is InChI=1S/C13H15BrClFN2O/c1-8-4-2-3-7-18(8)13(19)17-10-6-5-9(14)11(15)12(10)16/h5-6,8H,2-4,7H2,1H3,(H,17,19). The van der Waals surface area contributed by atoms with Crippen LogP contribution in [0.3, 0.4) is 0 Å². The van der Waals surface area contributed by atoms with Gasteiger partial charge in [0.05, 0.1) is 10.7 Å². The van der Waals surface area contributed by atoms with E-state index in [0.717, 1.165) is 19.3 Å². The number of rotatable bonds is 1. The number of carbonyl (C=O) groups is 1. The first kappa shape index (κ1) is 14.6. The first-order valence-corrected chi connectivity index (χ1v) is 7.39. The fourth-order valence-corrected chi connectivity index (χ4v) is 2.68. The molecule has 1 unspecified atom stereocenters. The monoisotopic (exact) mass is 348 g/mol. The van der Waals surface area contributed by atoms with Gasteiger partial charge in [0, 0.05) is 17.1 Å². The van der Waals surface area contributed by atoms with Gasteiger partial charge < -0.3 is 10.2 Å². The van der Waals surface area contributed by atoms with E-state index in [1.54, 1.807) is 11.0 Å². The Morgan fingerprint density at radius 3 is 2.95 bits per heavy atom. The van der Waals surface area contributed by atoms with Crippen LogP contribution in [0.4, 0.5) is 14.9 Å². The van der Waals surface area contributed by atoms with Crippen molar-refractivity contribution in [2.45, 2.75) is 32.2 Å². The average Bonchev–Trinajstić information content (AvgIpc) is 2.40. The Kier molecular flexibility index (Phi) is 4.68. The number of piperidine rings is 1. The maximum atomic E-state index is 13.9. The zero-order valence-electron chi connectivity index (χ0n) is 10.5. The van der Waals surface area contributed by atoms with E-state index in [4.69, 9.17) is 11.6 Å². The quantitative estimate of drug-likeness (QED) is 0.736. The number of hydrogen-bond acceptors (Lipinski definition) is 1.